The first kappa shape index (κ1) is 17.5. The van der Waals surface area contributed by atoms with Gasteiger partial charge in [0.25, 0.3) is 5.91 Å². The van der Waals surface area contributed by atoms with Gasteiger partial charge in [-0.3, -0.25) is 4.79 Å². The molecule has 0 fully saturated rings. The second-order valence-corrected chi connectivity index (χ2v) is 5.60. The zero-order valence-electron chi connectivity index (χ0n) is 13.2. The van der Waals surface area contributed by atoms with Gasteiger partial charge in [0.1, 0.15) is 10.6 Å². The van der Waals surface area contributed by atoms with E-state index in [-0.39, 0.29) is 11.3 Å². The van der Waals surface area contributed by atoms with Gasteiger partial charge in [-0.2, -0.15) is 0 Å². The average molecular weight is 349 g/mol. The Morgan fingerprint density at radius 2 is 1.58 bits per heavy atom. The van der Waals surface area contributed by atoms with Crippen molar-refractivity contribution < 1.29 is 28.6 Å². The largest absolute Gasteiger partial charge is 0.497 e. The first-order chi connectivity index (χ1) is 11.5. The summed E-state index contributed by atoms with van der Waals surface area (Å²) in [6, 6.07) is 7.62. The van der Waals surface area contributed by atoms with Gasteiger partial charge in [0, 0.05) is 0 Å². The predicted octanol–water partition coefficient (Wildman–Crippen LogP) is 2.58. The molecule has 0 spiro atoms. The van der Waals surface area contributed by atoms with E-state index in [0.29, 0.717) is 15.5 Å². The van der Waals surface area contributed by atoms with Crippen LogP contribution in [-0.4, -0.2) is 39.2 Å². The number of anilines is 1. The lowest BCUT2D eigenvalue weighted by Gasteiger charge is -2.10. The number of carbonyl (C=O) groups excluding carboxylic acids is 3. The van der Waals surface area contributed by atoms with Crippen molar-refractivity contribution in [2.45, 2.75) is 0 Å². The number of methoxy groups -OCH3 is 3. The molecule has 0 saturated heterocycles. The van der Waals surface area contributed by atoms with Crippen molar-refractivity contribution in [3.8, 4) is 5.75 Å². The monoisotopic (exact) mass is 349 g/mol. The van der Waals surface area contributed by atoms with Crippen molar-refractivity contribution in [1.82, 2.24) is 0 Å². The third-order valence-electron chi connectivity index (χ3n) is 3.10. The molecule has 0 aliphatic rings. The van der Waals surface area contributed by atoms with Crippen LogP contribution >= 0.6 is 11.3 Å². The minimum atomic E-state index is -0.606. The number of carbonyl (C=O) groups is 3. The zero-order chi connectivity index (χ0) is 17.7. The van der Waals surface area contributed by atoms with Crippen molar-refractivity contribution in [2.75, 3.05) is 26.6 Å². The third kappa shape index (κ3) is 3.72. The molecule has 0 saturated carbocycles. The quantitative estimate of drug-likeness (QED) is 0.834. The Kier molecular flexibility index (Phi) is 5.54. The van der Waals surface area contributed by atoms with Gasteiger partial charge in [-0.15, -0.1) is 11.3 Å². The number of rotatable bonds is 5. The molecule has 1 amide bonds. The van der Waals surface area contributed by atoms with Gasteiger partial charge in [0.05, 0.1) is 37.5 Å². The van der Waals surface area contributed by atoms with Gasteiger partial charge in [0.2, 0.25) is 0 Å². The topological polar surface area (TPSA) is 90.9 Å². The molecule has 8 heteroatoms. The van der Waals surface area contributed by atoms with Gasteiger partial charge in [-0.25, -0.2) is 9.59 Å². The van der Waals surface area contributed by atoms with Gasteiger partial charge >= 0.3 is 11.9 Å². The Morgan fingerprint density at radius 3 is 2.21 bits per heavy atom. The Bertz CT molecular complexity index is 783. The van der Waals surface area contributed by atoms with E-state index >= 15 is 0 Å². The first-order valence-electron chi connectivity index (χ1n) is 6.76. The molecule has 24 heavy (non-hydrogen) atoms. The van der Waals surface area contributed by atoms with Crippen LogP contribution in [0.15, 0.2) is 30.3 Å². The smallest absolute Gasteiger partial charge is 0.348 e. The summed E-state index contributed by atoms with van der Waals surface area (Å²) in [6.45, 7) is 0. The molecule has 0 aliphatic heterocycles. The molecule has 0 bridgehead atoms. The minimum absolute atomic E-state index is 0.162. The van der Waals surface area contributed by atoms with Crippen molar-refractivity contribution in [3.63, 3.8) is 0 Å². The first-order valence-corrected chi connectivity index (χ1v) is 7.57. The summed E-state index contributed by atoms with van der Waals surface area (Å²) < 4.78 is 14.4. The Morgan fingerprint density at radius 1 is 0.917 bits per heavy atom. The van der Waals surface area contributed by atoms with Gasteiger partial charge in [0.15, 0.2) is 0 Å². The van der Waals surface area contributed by atoms with Gasteiger partial charge in [-0.05, 0) is 30.3 Å². The Labute approximate surface area is 142 Å². The van der Waals surface area contributed by atoms with E-state index in [9.17, 15) is 14.4 Å². The highest BCUT2D eigenvalue weighted by Gasteiger charge is 2.18. The number of esters is 2. The van der Waals surface area contributed by atoms with Crippen LogP contribution in [0.1, 0.15) is 29.7 Å². The Hall–Kier alpha value is -2.87. The molecule has 0 radical (unpaired) electrons. The van der Waals surface area contributed by atoms with Crippen LogP contribution in [0.25, 0.3) is 0 Å². The number of ether oxygens (including phenoxy) is 3. The van der Waals surface area contributed by atoms with E-state index in [1.807, 2.05) is 0 Å². The fourth-order valence-electron chi connectivity index (χ4n) is 1.89. The van der Waals surface area contributed by atoms with Gasteiger partial charge in [-0.1, -0.05) is 0 Å². The summed E-state index contributed by atoms with van der Waals surface area (Å²) in [5.41, 5.74) is 0.440. The van der Waals surface area contributed by atoms with E-state index in [1.165, 1.54) is 45.6 Å². The number of thiophene rings is 1. The van der Waals surface area contributed by atoms with E-state index in [0.717, 1.165) is 11.3 Å². The lowest BCUT2D eigenvalue weighted by atomic mass is 10.1. The maximum atomic E-state index is 12.3. The highest BCUT2D eigenvalue weighted by molar-refractivity contribution is 7.16. The molecule has 2 aromatic rings. The molecular weight excluding hydrogens is 334 g/mol. The summed E-state index contributed by atoms with van der Waals surface area (Å²) in [5.74, 6) is -1.12. The molecule has 1 aromatic heterocycles. The molecule has 1 aromatic carbocycles. The minimum Gasteiger partial charge on any atom is -0.497 e. The average Bonchev–Trinajstić information content (AvgIpc) is 3.10. The fraction of sp³-hybridized carbons (Fsp3) is 0.188. The SMILES string of the molecule is COC(=O)c1ccc(C(=O)Nc2ccc(OC)cc2C(=O)OC)s1. The number of benzene rings is 1. The third-order valence-corrected chi connectivity index (χ3v) is 4.16. The zero-order valence-corrected chi connectivity index (χ0v) is 14.1. The molecule has 0 atom stereocenters. The lowest BCUT2D eigenvalue weighted by molar-refractivity contribution is 0.0594. The van der Waals surface area contributed by atoms with Crippen LogP contribution in [0, 0.1) is 0 Å². The normalized spacial score (nSPS) is 9.96. The number of hydrogen-bond acceptors (Lipinski definition) is 7. The van der Waals surface area contributed by atoms with Crippen LogP contribution in [0.5, 0.6) is 5.75 Å². The number of hydrogen-bond donors (Lipinski definition) is 1. The second kappa shape index (κ2) is 7.60. The summed E-state index contributed by atoms with van der Waals surface area (Å²) in [4.78, 5) is 36.2. The van der Waals surface area contributed by atoms with Crippen molar-refractivity contribution in [2.24, 2.45) is 0 Å². The summed E-state index contributed by atoms with van der Waals surface area (Å²) in [6.07, 6.45) is 0. The van der Waals surface area contributed by atoms with Crippen molar-refractivity contribution in [3.05, 3.63) is 45.6 Å². The fourth-order valence-corrected chi connectivity index (χ4v) is 2.71. The van der Waals surface area contributed by atoms with E-state index < -0.39 is 17.8 Å². The van der Waals surface area contributed by atoms with E-state index in [4.69, 9.17) is 9.47 Å². The molecule has 2 rings (SSSR count). The van der Waals surface area contributed by atoms with E-state index in [2.05, 4.69) is 10.1 Å². The Balaban J connectivity index is 2.26. The van der Waals surface area contributed by atoms with Gasteiger partial charge < -0.3 is 19.5 Å². The highest BCUT2D eigenvalue weighted by atomic mass is 32.1. The molecule has 1 heterocycles. The molecule has 1 N–H and O–H groups in total. The standard InChI is InChI=1S/C16H15NO6S/c1-21-9-4-5-11(10(8-9)15(19)22-2)17-14(18)12-6-7-13(24-12)16(20)23-3/h4-8H,1-3H3,(H,17,18). The van der Waals surface area contributed by atoms with E-state index in [1.54, 1.807) is 6.07 Å². The molecule has 7 nitrogen and oxygen atoms in total. The molecular formula is C16H15NO6S. The van der Waals surface area contributed by atoms with Crippen LogP contribution in [0.4, 0.5) is 5.69 Å². The summed E-state index contributed by atoms with van der Waals surface area (Å²) >= 11 is 0.993. The second-order valence-electron chi connectivity index (χ2n) is 4.51. The highest BCUT2D eigenvalue weighted by Crippen LogP contribution is 2.25. The predicted molar refractivity (Wildman–Crippen MR) is 87.9 cm³/mol. The molecule has 0 unspecified atom stereocenters. The maximum Gasteiger partial charge on any atom is 0.348 e. The number of amides is 1. The summed E-state index contributed by atoms with van der Waals surface area (Å²) in [5, 5.41) is 2.63. The van der Waals surface area contributed by atoms with Crippen molar-refractivity contribution in [1.29, 1.82) is 0 Å². The van der Waals surface area contributed by atoms with Crippen LogP contribution in [0.2, 0.25) is 0 Å². The lowest BCUT2D eigenvalue weighted by Crippen LogP contribution is -2.14. The van der Waals surface area contributed by atoms with Crippen LogP contribution < -0.4 is 10.1 Å². The summed E-state index contributed by atoms with van der Waals surface area (Å²) in [7, 11) is 3.98. The van der Waals surface area contributed by atoms with Crippen LogP contribution in [-0.2, 0) is 9.47 Å². The van der Waals surface area contributed by atoms with Crippen LogP contribution in [0.3, 0.4) is 0 Å². The van der Waals surface area contributed by atoms with Crippen molar-refractivity contribution >= 4 is 34.9 Å². The molecule has 0 aliphatic carbocycles. The number of nitrogens with one attached hydrogen (secondary N) is 1. The molecule has 126 valence electrons. The maximum absolute atomic E-state index is 12.3.